The standard InChI is InChI=1S/C17H22N4O2/c1-12-11-16(18-9-4-10-23-3)21-17(19-12)20-15-7-5-14(6-8-15)13(2)22/h5-8,11H,4,9-10H2,1-3H3,(H2,18,19,20,21). The Hall–Kier alpha value is -2.47. The molecule has 6 heteroatoms. The van der Waals surface area contributed by atoms with Gasteiger partial charge in [0.2, 0.25) is 5.95 Å². The molecule has 6 nitrogen and oxygen atoms in total. The Kier molecular flexibility index (Phi) is 6.05. The van der Waals surface area contributed by atoms with Crippen molar-refractivity contribution in [2.75, 3.05) is 30.9 Å². The van der Waals surface area contributed by atoms with Crippen LogP contribution in [0.15, 0.2) is 30.3 Å². The molecule has 0 saturated carbocycles. The number of ether oxygens (including phenoxy) is 1. The highest BCUT2D eigenvalue weighted by atomic mass is 16.5. The molecule has 1 aromatic heterocycles. The van der Waals surface area contributed by atoms with E-state index in [2.05, 4.69) is 20.6 Å². The van der Waals surface area contributed by atoms with Crippen LogP contribution in [0.1, 0.15) is 29.4 Å². The first-order valence-corrected chi connectivity index (χ1v) is 7.55. The second-order valence-electron chi connectivity index (χ2n) is 5.25. The minimum Gasteiger partial charge on any atom is -0.385 e. The molecule has 2 rings (SSSR count). The predicted octanol–water partition coefficient (Wildman–Crippen LogP) is 3.18. The van der Waals surface area contributed by atoms with Gasteiger partial charge in [-0.05, 0) is 44.5 Å². The summed E-state index contributed by atoms with van der Waals surface area (Å²) in [4.78, 5) is 20.1. The van der Waals surface area contributed by atoms with E-state index in [1.54, 1.807) is 26.2 Å². The molecule has 2 N–H and O–H groups in total. The third kappa shape index (κ3) is 5.34. The van der Waals surface area contributed by atoms with E-state index in [1.165, 1.54) is 0 Å². The summed E-state index contributed by atoms with van der Waals surface area (Å²) < 4.78 is 5.02. The number of nitrogens with zero attached hydrogens (tertiary/aromatic N) is 2. The van der Waals surface area contributed by atoms with Crippen molar-refractivity contribution >= 4 is 23.2 Å². The lowest BCUT2D eigenvalue weighted by Gasteiger charge is -2.10. The van der Waals surface area contributed by atoms with Gasteiger partial charge < -0.3 is 15.4 Å². The third-order valence-electron chi connectivity index (χ3n) is 3.23. The smallest absolute Gasteiger partial charge is 0.229 e. The number of hydrogen-bond donors (Lipinski definition) is 2. The Balaban J connectivity index is 2.04. The SMILES string of the molecule is COCCCNc1cc(C)nc(Nc2ccc(C(C)=O)cc2)n1. The predicted molar refractivity (Wildman–Crippen MR) is 91.5 cm³/mol. The van der Waals surface area contributed by atoms with Crippen LogP contribution in [0.5, 0.6) is 0 Å². The number of aromatic nitrogens is 2. The van der Waals surface area contributed by atoms with Crippen molar-refractivity contribution in [3.05, 3.63) is 41.6 Å². The maximum Gasteiger partial charge on any atom is 0.229 e. The van der Waals surface area contributed by atoms with Gasteiger partial charge in [0.25, 0.3) is 0 Å². The number of ketones is 1. The topological polar surface area (TPSA) is 76.1 Å². The number of Topliss-reactive ketones (excluding diaryl/α,β-unsaturated/α-hetero) is 1. The molecule has 0 spiro atoms. The number of benzene rings is 1. The Morgan fingerprint density at radius 1 is 1.22 bits per heavy atom. The summed E-state index contributed by atoms with van der Waals surface area (Å²) in [7, 11) is 1.69. The lowest BCUT2D eigenvalue weighted by molar-refractivity contribution is 0.101. The van der Waals surface area contributed by atoms with Crippen LogP contribution in [0, 0.1) is 6.92 Å². The van der Waals surface area contributed by atoms with E-state index in [-0.39, 0.29) is 5.78 Å². The first kappa shape index (κ1) is 16.9. The quantitative estimate of drug-likeness (QED) is 0.576. The van der Waals surface area contributed by atoms with Gasteiger partial charge in [0, 0.05) is 43.3 Å². The number of carbonyl (C=O) groups is 1. The van der Waals surface area contributed by atoms with Crippen LogP contribution in [0.4, 0.5) is 17.5 Å². The average molecular weight is 314 g/mol. The Morgan fingerprint density at radius 3 is 2.61 bits per heavy atom. The summed E-state index contributed by atoms with van der Waals surface area (Å²) in [6, 6.07) is 9.15. The fraction of sp³-hybridized carbons (Fsp3) is 0.353. The van der Waals surface area contributed by atoms with Gasteiger partial charge in [0.05, 0.1) is 0 Å². The van der Waals surface area contributed by atoms with Crippen LogP contribution in [0.3, 0.4) is 0 Å². The number of carbonyl (C=O) groups excluding carboxylic acids is 1. The molecule has 0 aliphatic heterocycles. The van der Waals surface area contributed by atoms with Gasteiger partial charge in [0.1, 0.15) is 5.82 Å². The summed E-state index contributed by atoms with van der Waals surface area (Å²) in [5.41, 5.74) is 2.39. The number of hydrogen-bond acceptors (Lipinski definition) is 6. The molecule has 23 heavy (non-hydrogen) atoms. The van der Waals surface area contributed by atoms with E-state index >= 15 is 0 Å². The number of methoxy groups -OCH3 is 1. The molecule has 0 bridgehead atoms. The molecule has 0 radical (unpaired) electrons. The highest BCUT2D eigenvalue weighted by Gasteiger charge is 2.04. The van der Waals surface area contributed by atoms with E-state index in [4.69, 9.17) is 4.74 Å². The fourth-order valence-electron chi connectivity index (χ4n) is 2.07. The highest BCUT2D eigenvalue weighted by molar-refractivity contribution is 5.94. The summed E-state index contributed by atoms with van der Waals surface area (Å²) in [5, 5.41) is 6.41. The molecule has 0 saturated heterocycles. The van der Waals surface area contributed by atoms with Crippen LogP contribution in [-0.2, 0) is 4.74 Å². The number of anilines is 3. The Labute approximate surface area is 136 Å². The zero-order valence-electron chi connectivity index (χ0n) is 13.7. The van der Waals surface area contributed by atoms with Gasteiger partial charge >= 0.3 is 0 Å². The summed E-state index contributed by atoms with van der Waals surface area (Å²) in [5.74, 6) is 1.34. The highest BCUT2D eigenvalue weighted by Crippen LogP contribution is 2.16. The fourth-order valence-corrected chi connectivity index (χ4v) is 2.07. The minimum atomic E-state index is 0.0471. The summed E-state index contributed by atoms with van der Waals surface area (Å²) in [6.07, 6.45) is 0.912. The van der Waals surface area contributed by atoms with Crippen LogP contribution >= 0.6 is 0 Å². The maximum absolute atomic E-state index is 11.3. The molecule has 122 valence electrons. The van der Waals surface area contributed by atoms with Crippen molar-refractivity contribution in [2.45, 2.75) is 20.3 Å². The number of rotatable bonds is 8. The zero-order chi connectivity index (χ0) is 16.7. The molecule has 1 heterocycles. The molecule has 1 aromatic carbocycles. The van der Waals surface area contributed by atoms with Gasteiger partial charge in [-0.25, -0.2) is 4.98 Å². The van der Waals surface area contributed by atoms with Crippen LogP contribution in [-0.4, -0.2) is 36.0 Å². The molecule has 0 aliphatic carbocycles. The van der Waals surface area contributed by atoms with E-state index in [0.717, 1.165) is 30.2 Å². The largest absolute Gasteiger partial charge is 0.385 e. The average Bonchev–Trinajstić information content (AvgIpc) is 2.51. The van der Waals surface area contributed by atoms with Gasteiger partial charge in [-0.1, -0.05) is 0 Å². The lowest BCUT2D eigenvalue weighted by atomic mass is 10.1. The zero-order valence-corrected chi connectivity index (χ0v) is 13.7. The molecular formula is C17H22N4O2. The molecule has 0 unspecified atom stereocenters. The Morgan fingerprint density at radius 2 is 1.96 bits per heavy atom. The number of nitrogens with one attached hydrogen (secondary N) is 2. The summed E-state index contributed by atoms with van der Waals surface area (Å²) in [6.45, 7) is 4.97. The van der Waals surface area contributed by atoms with Crippen molar-refractivity contribution in [3.63, 3.8) is 0 Å². The first-order chi connectivity index (χ1) is 11.1. The third-order valence-corrected chi connectivity index (χ3v) is 3.23. The van der Waals surface area contributed by atoms with Gasteiger partial charge in [-0.15, -0.1) is 0 Å². The Bertz CT molecular complexity index is 656. The van der Waals surface area contributed by atoms with Crippen molar-refractivity contribution < 1.29 is 9.53 Å². The van der Waals surface area contributed by atoms with Crippen LogP contribution in [0.25, 0.3) is 0 Å². The van der Waals surface area contributed by atoms with Crippen molar-refractivity contribution in [1.82, 2.24) is 9.97 Å². The molecule has 0 amide bonds. The van der Waals surface area contributed by atoms with Gasteiger partial charge in [-0.3, -0.25) is 4.79 Å². The van der Waals surface area contributed by atoms with Gasteiger partial charge in [0.15, 0.2) is 5.78 Å². The maximum atomic E-state index is 11.3. The van der Waals surface area contributed by atoms with Crippen LogP contribution in [0.2, 0.25) is 0 Å². The van der Waals surface area contributed by atoms with E-state index < -0.39 is 0 Å². The molecule has 0 fully saturated rings. The normalized spacial score (nSPS) is 10.4. The lowest BCUT2D eigenvalue weighted by Crippen LogP contribution is -2.08. The second kappa shape index (κ2) is 8.24. The number of aryl methyl sites for hydroxylation is 1. The van der Waals surface area contributed by atoms with E-state index in [1.807, 2.05) is 25.1 Å². The monoisotopic (exact) mass is 314 g/mol. The second-order valence-corrected chi connectivity index (χ2v) is 5.25. The first-order valence-electron chi connectivity index (χ1n) is 7.55. The van der Waals surface area contributed by atoms with Crippen molar-refractivity contribution in [2.24, 2.45) is 0 Å². The molecule has 0 aliphatic rings. The summed E-state index contributed by atoms with van der Waals surface area (Å²) >= 11 is 0. The van der Waals surface area contributed by atoms with Gasteiger partial charge in [-0.2, -0.15) is 4.98 Å². The van der Waals surface area contributed by atoms with Crippen molar-refractivity contribution in [3.8, 4) is 0 Å². The molecular weight excluding hydrogens is 292 g/mol. The van der Waals surface area contributed by atoms with Crippen molar-refractivity contribution in [1.29, 1.82) is 0 Å². The van der Waals surface area contributed by atoms with E-state index in [0.29, 0.717) is 18.1 Å². The van der Waals surface area contributed by atoms with E-state index in [9.17, 15) is 4.79 Å². The minimum absolute atomic E-state index is 0.0471. The molecule has 0 atom stereocenters. The molecule has 2 aromatic rings. The van der Waals surface area contributed by atoms with Crippen LogP contribution < -0.4 is 10.6 Å².